The molecule has 2 rings (SSSR count). The second-order valence-electron chi connectivity index (χ2n) is 6.23. The minimum atomic E-state index is 0.529. The first-order valence-electron chi connectivity index (χ1n) is 7.08. The van der Waals surface area contributed by atoms with Gasteiger partial charge in [-0.25, -0.2) is 0 Å². The van der Waals surface area contributed by atoms with Gasteiger partial charge in [0, 0.05) is 25.9 Å². The number of aromatic nitrogens is 2. The van der Waals surface area contributed by atoms with Crippen LogP contribution in [-0.4, -0.2) is 22.7 Å². The standard InChI is InChI=1S/C14H25N3O/c1-11-16-13(17-18-11)7-10-15-12-5-4-8-14(2,3)9-6-12/h12,15H,4-10H2,1-3H3. The largest absolute Gasteiger partial charge is 0.340 e. The molecular formula is C14H25N3O. The third-order valence-corrected chi connectivity index (χ3v) is 3.93. The van der Waals surface area contributed by atoms with E-state index in [0.29, 0.717) is 17.3 Å². The van der Waals surface area contributed by atoms with E-state index >= 15 is 0 Å². The summed E-state index contributed by atoms with van der Waals surface area (Å²) in [6.07, 6.45) is 7.47. The maximum absolute atomic E-state index is 4.97. The van der Waals surface area contributed by atoms with Gasteiger partial charge in [-0.3, -0.25) is 0 Å². The Labute approximate surface area is 110 Å². The summed E-state index contributed by atoms with van der Waals surface area (Å²) in [5.41, 5.74) is 0.529. The van der Waals surface area contributed by atoms with Gasteiger partial charge in [-0.2, -0.15) is 4.98 Å². The van der Waals surface area contributed by atoms with E-state index in [0.717, 1.165) is 18.8 Å². The Morgan fingerprint density at radius 1 is 1.33 bits per heavy atom. The molecule has 4 heteroatoms. The lowest BCUT2D eigenvalue weighted by Crippen LogP contribution is -2.30. The van der Waals surface area contributed by atoms with Gasteiger partial charge in [-0.1, -0.05) is 25.4 Å². The zero-order chi connectivity index (χ0) is 13.0. The van der Waals surface area contributed by atoms with Crippen LogP contribution in [0.25, 0.3) is 0 Å². The third kappa shape index (κ3) is 4.09. The van der Waals surface area contributed by atoms with Gasteiger partial charge >= 0.3 is 0 Å². The molecule has 0 spiro atoms. The van der Waals surface area contributed by atoms with Crippen LogP contribution in [0.2, 0.25) is 0 Å². The van der Waals surface area contributed by atoms with Crippen LogP contribution in [0.5, 0.6) is 0 Å². The normalized spacial score (nSPS) is 23.8. The zero-order valence-corrected chi connectivity index (χ0v) is 11.8. The topological polar surface area (TPSA) is 51.0 Å². The quantitative estimate of drug-likeness (QED) is 0.836. The lowest BCUT2D eigenvalue weighted by atomic mass is 9.85. The number of nitrogens with one attached hydrogen (secondary N) is 1. The molecule has 0 bridgehead atoms. The molecule has 1 aliphatic rings. The fourth-order valence-corrected chi connectivity index (χ4v) is 2.70. The molecule has 1 saturated carbocycles. The van der Waals surface area contributed by atoms with E-state index in [-0.39, 0.29) is 0 Å². The molecule has 1 heterocycles. The van der Waals surface area contributed by atoms with Crippen LogP contribution in [0.4, 0.5) is 0 Å². The average molecular weight is 251 g/mol. The molecule has 1 atom stereocenters. The Balaban J connectivity index is 1.70. The summed E-state index contributed by atoms with van der Waals surface area (Å²) in [5, 5.41) is 7.55. The van der Waals surface area contributed by atoms with E-state index in [9.17, 15) is 0 Å². The van der Waals surface area contributed by atoms with Crippen molar-refractivity contribution in [2.24, 2.45) is 5.41 Å². The number of aryl methyl sites for hydroxylation is 1. The van der Waals surface area contributed by atoms with Crippen molar-refractivity contribution < 1.29 is 4.52 Å². The molecular weight excluding hydrogens is 226 g/mol. The molecule has 1 aromatic heterocycles. The predicted molar refractivity (Wildman–Crippen MR) is 71.4 cm³/mol. The zero-order valence-electron chi connectivity index (χ0n) is 11.8. The highest BCUT2D eigenvalue weighted by atomic mass is 16.5. The van der Waals surface area contributed by atoms with Gasteiger partial charge in [0.25, 0.3) is 0 Å². The van der Waals surface area contributed by atoms with E-state index in [1.165, 1.54) is 32.1 Å². The Morgan fingerprint density at radius 3 is 2.89 bits per heavy atom. The number of nitrogens with zero attached hydrogens (tertiary/aromatic N) is 2. The minimum absolute atomic E-state index is 0.529. The molecule has 0 amide bonds. The van der Waals surface area contributed by atoms with Gasteiger partial charge in [-0.05, 0) is 31.1 Å². The highest BCUT2D eigenvalue weighted by Crippen LogP contribution is 2.33. The van der Waals surface area contributed by atoms with E-state index < -0.39 is 0 Å². The second-order valence-corrected chi connectivity index (χ2v) is 6.23. The predicted octanol–water partition coefficient (Wildman–Crippen LogP) is 2.87. The van der Waals surface area contributed by atoms with Gasteiger partial charge in [0.15, 0.2) is 5.82 Å². The van der Waals surface area contributed by atoms with Crippen molar-refractivity contribution >= 4 is 0 Å². The molecule has 4 nitrogen and oxygen atoms in total. The van der Waals surface area contributed by atoms with Gasteiger partial charge in [0.1, 0.15) is 0 Å². The summed E-state index contributed by atoms with van der Waals surface area (Å²) < 4.78 is 4.97. The molecule has 0 aliphatic heterocycles. The van der Waals surface area contributed by atoms with Gasteiger partial charge in [-0.15, -0.1) is 0 Å². The smallest absolute Gasteiger partial charge is 0.223 e. The van der Waals surface area contributed by atoms with E-state index in [1.807, 2.05) is 6.92 Å². The number of hydrogen-bond donors (Lipinski definition) is 1. The van der Waals surface area contributed by atoms with E-state index in [1.54, 1.807) is 0 Å². The molecule has 102 valence electrons. The minimum Gasteiger partial charge on any atom is -0.340 e. The SMILES string of the molecule is Cc1nc(CCNC2CCCC(C)(C)CC2)no1. The molecule has 18 heavy (non-hydrogen) atoms. The van der Waals surface area contributed by atoms with Crippen molar-refractivity contribution in [2.75, 3.05) is 6.54 Å². The first-order chi connectivity index (χ1) is 8.55. The summed E-state index contributed by atoms with van der Waals surface area (Å²) in [4.78, 5) is 4.22. The van der Waals surface area contributed by atoms with Gasteiger partial charge < -0.3 is 9.84 Å². The van der Waals surface area contributed by atoms with Crippen molar-refractivity contribution in [1.82, 2.24) is 15.5 Å². The van der Waals surface area contributed by atoms with Crippen molar-refractivity contribution in [3.63, 3.8) is 0 Å². The van der Waals surface area contributed by atoms with E-state index in [2.05, 4.69) is 29.3 Å². The highest BCUT2D eigenvalue weighted by molar-refractivity contribution is 4.86. The van der Waals surface area contributed by atoms with Crippen LogP contribution < -0.4 is 5.32 Å². The summed E-state index contributed by atoms with van der Waals surface area (Å²) >= 11 is 0. The summed E-state index contributed by atoms with van der Waals surface area (Å²) in [5.74, 6) is 1.47. The maximum atomic E-state index is 4.97. The number of rotatable bonds is 4. The van der Waals surface area contributed by atoms with E-state index in [4.69, 9.17) is 4.52 Å². The molecule has 0 saturated heterocycles. The lowest BCUT2D eigenvalue weighted by molar-refractivity contribution is 0.310. The molecule has 0 radical (unpaired) electrons. The molecule has 1 N–H and O–H groups in total. The number of hydrogen-bond acceptors (Lipinski definition) is 4. The van der Waals surface area contributed by atoms with Crippen molar-refractivity contribution in [3.8, 4) is 0 Å². The molecule has 1 aliphatic carbocycles. The lowest BCUT2D eigenvalue weighted by Gasteiger charge is -2.22. The maximum Gasteiger partial charge on any atom is 0.223 e. The van der Waals surface area contributed by atoms with Crippen LogP contribution in [0.3, 0.4) is 0 Å². The first-order valence-corrected chi connectivity index (χ1v) is 7.08. The van der Waals surface area contributed by atoms with Gasteiger partial charge in [0.2, 0.25) is 5.89 Å². The van der Waals surface area contributed by atoms with Crippen LogP contribution in [-0.2, 0) is 6.42 Å². The fourth-order valence-electron chi connectivity index (χ4n) is 2.70. The molecule has 0 aromatic carbocycles. The summed E-state index contributed by atoms with van der Waals surface area (Å²) in [7, 11) is 0. The third-order valence-electron chi connectivity index (χ3n) is 3.93. The Kier molecular flexibility index (Phi) is 4.38. The van der Waals surface area contributed by atoms with Crippen LogP contribution in [0.1, 0.15) is 57.7 Å². The van der Waals surface area contributed by atoms with Crippen LogP contribution in [0.15, 0.2) is 4.52 Å². The first kappa shape index (κ1) is 13.5. The Hall–Kier alpha value is -0.900. The monoisotopic (exact) mass is 251 g/mol. The molecule has 1 fully saturated rings. The fraction of sp³-hybridized carbons (Fsp3) is 0.857. The Bertz CT molecular complexity index is 373. The summed E-state index contributed by atoms with van der Waals surface area (Å²) in [6, 6.07) is 0.666. The molecule has 1 aromatic rings. The van der Waals surface area contributed by atoms with Crippen molar-refractivity contribution in [3.05, 3.63) is 11.7 Å². The highest BCUT2D eigenvalue weighted by Gasteiger charge is 2.23. The van der Waals surface area contributed by atoms with Crippen LogP contribution in [0, 0.1) is 12.3 Å². The van der Waals surface area contributed by atoms with Crippen molar-refractivity contribution in [1.29, 1.82) is 0 Å². The second kappa shape index (κ2) is 5.83. The average Bonchev–Trinajstić information content (AvgIpc) is 2.63. The van der Waals surface area contributed by atoms with Crippen LogP contribution >= 0.6 is 0 Å². The Morgan fingerprint density at radius 2 is 2.17 bits per heavy atom. The summed E-state index contributed by atoms with van der Waals surface area (Å²) in [6.45, 7) is 7.55. The van der Waals surface area contributed by atoms with Crippen molar-refractivity contribution in [2.45, 2.75) is 65.3 Å². The van der Waals surface area contributed by atoms with Gasteiger partial charge in [0.05, 0.1) is 0 Å². The molecule has 1 unspecified atom stereocenters.